The van der Waals surface area contributed by atoms with Crippen molar-refractivity contribution in [2.75, 3.05) is 19.8 Å². The molecular weight excluding hydrogens is 308 g/mol. The van der Waals surface area contributed by atoms with Crippen LogP contribution in [0.15, 0.2) is 30.3 Å². The highest BCUT2D eigenvalue weighted by Gasteiger charge is 2.30. The molecule has 6 heteroatoms. The number of ether oxygens (including phenoxy) is 2. The second-order valence-corrected chi connectivity index (χ2v) is 6.24. The molecule has 2 heterocycles. The first-order chi connectivity index (χ1) is 11.7. The molecule has 2 amide bonds. The molecule has 0 saturated carbocycles. The topological polar surface area (TPSA) is 67.9 Å². The standard InChI is InChI=1S/C18H24N2O4/c21-16(12-17-23-10-5-11-24-17)19-15-8-4-9-20(18(15)22)13-14-6-2-1-3-7-14/h1-3,6-7,15,17H,4-5,8-13H2,(H,19,21)/t15-/m0/s1. The molecule has 2 fully saturated rings. The van der Waals surface area contributed by atoms with Gasteiger partial charge < -0.3 is 19.7 Å². The van der Waals surface area contributed by atoms with Crippen LogP contribution < -0.4 is 5.32 Å². The van der Waals surface area contributed by atoms with Gasteiger partial charge in [-0.15, -0.1) is 0 Å². The molecule has 0 bridgehead atoms. The highest BCUT2D eigenvalue weighted by Crippen LogP contribution is 2.16. The van der Waals surface area contributed by atoms with Gasteiger partial charge in [-0.2, -0.15) is 0 Å². The molecule has 130 valence electrons. The fourth-order valence-corrected chi connectivity index (χ4v) is 3.09. The fourth-order valence-electron chi connectivity index (χ4n) is 3.09. The van der Waals surface area contributed by atoms with Crippen molar-refractivity contribution in [1.29, 1.82) is 0 Å². The number of piperidine rings is 1. The lowest BCUT2D eigenvalue weighted by Gasteiger charge is -2.33. The van der Waals surface area contributed by atoms with Gasteiger partial charge in [0.2, 0.25) is 11.8 Å². The third-order valence-electron chi connectivity index (χ3n) is 4.33. The highest BCUT2D eigenvalue weighted by atomic mass is 16.7. The molecule has 1 aromatic carbocycles. The van der Waals surface area contributed by atoms with Gasteiger partial charge in [-0.1, -0.05) is 30.3 Å². The summed E-state index contributed by atoms with van der Waals surface area (Å²) >= 11 is 0. The van der Waals surface area contributed by atoms with Crippen LogP contribution in [0.25, 0.3) is 0 Å². The number of carbonyl (C=O) groups excluding carboxylic acids is 2. The number of amides is 2. The molecule has 2 aliphatic heterocycles. The molecule has 1 aromatic rings. The Labute approximate surface area is 142 Å². The summed E-state index contributed by atoms with van der Waals surface area (Å²) in [6.45, 7) is 2.55. The maximum Gasteiger partial charge on any atom is 0.245 e. The first-order valence-corrected chi connectivity index (χ1v) is 8.57. The minimum Gasteiger partial charge on any atom is -0.352 e. The van der Waals surface area contributed by atoms with E-state index in [0.717, 1.165) is 24.9 Å². The van der Waals surface area contributed by atoms with Crippen molar-refractivity contribution >= 4 is 11.8 Å². The van der Waals surface area contributed by atoms with Crippen molar-refractivity contribution in [2.24, 2.45) is 0 Å². The van der Waals surface area contributed by atoms with E-state index in [0.29, 0.717) is 26.2 Å². The number of nitrogens with one attached hydrogen (secondary N) is 1. The van der Waals surface area contributed by atoms with E-state index in [2.05, 4.69) is 5.32 Å². The zero-order valence-electron chi connectivity index (χ0n) is 13.8. The Hall–Kier alpha value is -1.92. The van der Waals surface area contributed by atoms with E-state index in [-0.39, 0.29) is 18.2 Å². The second-order valence-electron chi connectivity index (χ2n) is 6.24. The molecule has 0 aromatic heterocycles. The van der Waals surface area contributed by atoms with Gasteiger partial charge in [-0.25, -0.2) is 0 Å². The molecular formula is C18H24N2O4. The SMILES string of the molecule is O=C(CC1OCCCO1)N[C@H]1CCCN(Cc2ccccc2)C1=O. The number of nitrogens with zero attached hydrogens (tertiary/aromatic N) is 1. The molecule has 1 atom stereocenters. The second kappa shape index (κ2) is 8.26. The monoisotopic (exact) mass is 332 g/mol. The van der Waals surface area contributed by atoms with Crippen LogP contribution in [0, 0.1) is 0 Å². The molecule has 3 rings (SSSR count). The Balaban J connectivity index is 1.51. The summed E-state index contributed by atoms with van der Waals surface area (Å²) in [6, 6.07) is 9.46. The lowest BCUT2D eigenvalue weighted by atomic mass is 10.0. The fraction of sp³-hybridized carbons (Fsp3) is 0.556. The van der Waals surface area contributed by atoms with Gasteiger partial charge in [0.15, 0.2) is 6.29 Å². The van der Waals surface area contributed by atoms with Crippen molar-refractivity contribution in [2.45, 2.75) is 44.6 Å². The Morgan fingerprint density at radius 1 is 1.17 bits per heavy atom. The van der Waals surface area contributed by atoms with Gasteiger partial charge in [0, 0.05) is 13.1 Å². The van der Waals surface area contributed by atoms with Gasteiger partial charge in [0.1, 0.15) is 6.04 Å². The number of hydrogen-bond donors (Lipinski definition) is 1. The maximum atomic E-state index is 12.6. The summed E-state index contributed by atoms with van der Waals surface area (Å²) in [7, 11) is 0. The van der Waals surface area contributed by atoms with Crippen molar-refractivity contribution in [3.05, 3.63) is 35.9 Å². The van der Waals surface area contributed by atoms with E-state index >= 15 is 0 Å². The minimum atomic E-state index is -0.488. The number of carbonyl (C=O) groups is 2. The molecule has 2 aliphatic rings. The molecule has 0 radical (unpaired) electrons. The van der Waals surface area contributed by atoms with E-state index in [9.17, 15) is 9.59 Å². The summed E-state index contributed by atoms with van der Waals surface area (Å²) in [5.74, 6) is -0.203. The molecule has 0 aliphatic carbocycles. The molecule has 1 N–H and O–H groups in total. The van der Waals surface area contributed by atoms with E-state index < -0.39 is 12.3 Å². The predicted octanol–water partition coefficient (Wildman–Crippen LogP) is 1.45. The first kappa shape index (κ1) is 16.9. The minimum absolute atomic E-state index is 0.0102. The molecule has 0 spiro atoms. The van der Waals surface area contributed by atoms with E-state index in [1.165, 1.54) is 0 Å². The van der Waals surface area contributed by atoms with E-state index in [1.54, 1.807) is 0 Å². The van der Waals surface area contributed by atoms with Gasteiger partial charge >= 0.3 is 0 Å². The van der Waals surface area contributed by atoms with Gasteiger partial charge in [-0.05, 0) is 24.8 Å². The van der Waals surface area contributed by atoms with Crippen LogP contribution in [0.1, 0.15) is 31.2 Å². The predicted molar refractivity (Wildman–Crippen MR) is 87.9 cm³/mol. The number of rotatable bonds is 5. The van der Waals surface area contributed by atoms with Crippen LogP contribution >= 0.6 is 0 Å². The lowest BCUT2D eigenvalue weighted by molar-refractivity contribution is -0.184. The summed E-state index contributed by atoms with van der Waals surface area (Å²) in [5.41, 5.74) is 1.10. The van der Waals surface area contributed by atoms with E-state index in [4.69, 9.17) is 9.47 Å². The van der Waals surface area contributed by atoms with Crippen LogP contribution in [0.3, 0.4) is 0 Å². The zero-order chi connectivity index (χ0) is 16.8. The smallest absolute Gasteiger partial charge is 0.245 e. The van der Waals surface area contributed by atoms with Gasteiger partial charge in [0.05, 0.1) is 19.6 Å². The quantitative estimate of drug-likeness (QED) is 0.886. The summed E-state index contributed by atoms with van der Waals surface area (Å²) < 4.78 is 10.8. The number of hydrogen-bond acceptors (Lipinski definition) is 4. The first-order valence-electron chi connectivity index (χ1n) is 8.57. The zero-order valence-corrected chi connectivity index (χ0v) is 13.8. The van der Waals surface area contributed by atoms with Gasteiger partial charge in [0.25, 0.3) is 0 Å². The van der Waals surface area contributed by atoms with Crippen molar-refractivity contribution in [3.63, 3.8) is 0 Å². The van der Waals surface area contributed by atoms with Crippen LogP contribution in [-0.4, -0.2) is 48.8 Å². The molecule has 24 heavy (non-hydrogen) atoms. The lowest BCUT2D eigenvalue weighted by Crippen LogP contribution is -2.52. The van der Waals surface area contributed by atoms with Crippen LogP contribution in [0.5, 0.6) is 0 Å². The third kappa shape index (κ3) is 4.55. The Kier molecular flexibility index (Phi) is 5.82. The van der Waals surface area contributed by atoms with Gasteiger partial charge in [-0.3, -0.25) is 9.59 Å². The van der Waals surface area contributed by atoms with Crippen LogP contribution in [0.4, 0.5) is 0 Å². The number of likely N-dealkylation sites (tertiary alicyclic amines) is 1. The Morgan fingerprint density at radius 2 is 1.92 bits per heavy atom. The summed E-state index contributed by atoms with van der Waals surface area (Å²) in [5, 5.41) is 2.84. The van der Waals surface area contributed by atoms with Crippen molar-refractivity contribution in [1.82, 2.24) is 10.2 Å². The average Bonchev–Trinajstić information content (AvgIpc) is 2.60. The van der Waals surface area contributed by atoms with Crippen molar-refractivity contribution < 1.29 is 19.1 Å². The normalized spacial score (nSPS) is 22.4. The van der Waals surface area contributed by atoms with E-state index in [1.807, 2.05) is 35.2 Å². The summed E-state index contributed by atoms with van der Waals surface area (Å²) in [6.07, 6.45) is 2.08. The van der Waals surface area contributed by atoms with Crippen LogP contribution in [-0.2, 0) is 25.6 Å². The largest absolute Gasteiger partial charge is 0.352 e. The molecule has 6 nitrogen and oxygen atoms in total. The van der Waals surface area contributed by atoms with Crippen molar-refractivity contribution in [3.8, 4) is 0 Å². The third-order valence-corrected chi connectivity index (χ3v) is 4.33. The average molecular weight is 332 g/mol. The summed E-state index contributed by atoms with van der Waals surface area (Å²) in [4.78, 5) is 26.6. The Morgan fingerprint density at radius 3 is 2.67 bits per heavy atom. The molecule has 2 saturated heterocycles. The number of benzene rings is 1. The highest BCUT2D eigenvalue weighted by molar-refractivity contribution is 5.88. The van der Waals surface area contributed by atoms with Crippen LogP contribution in [0.2, 0.25) is 0 Å². The Bertz CT molecular complexity index is 557. The molecule has 0 unspecified atom stereocenters. The maximum absolute atomic E-state index is 12.6.